The molecule has 0 saturated heterocycles. The van der Waals surface area contributed by atoms with Crippen LogP contribution >= 0.6 is 0 Å². The summed E-state index contributed by atoms with van der Waals surface area (Å²) in [6.45, 7) is 3.94. The van der Waals surface area contributed by atoms with Crippen molar-refractivity contribution in [3.8, 4) is 0 Å². The van der Waals surface area contributed by atoms with Crippen LogP contribution in [0.1, 0.15) is 49.8 Å². The minimum absolute atomic E-state index is 0.337. The summed E-state index contributed by atoms with van der Waals surface area (Å²) >= 11 is 0. The van der Waals surface area contributed by atoms with E-state index in [2.05, 4.69) is 0 Å². The van der Waals surface area contributed by atoms with Gasteiger partial charge in [-0.15, -0.1) is 0 Å². The van der Waals surface area contributed by atoms with Crippen LogP contribution < -0.4 is 0 Å². The van der Waals surface area contributed by atoms with Crippen molar-refractivity contribution in [1.82, 2.24) is 0 Å². The lowest BCUT2D eigenvalue weighted by molar-refractivity contribution is -0.0425. The van der Waals surface area contributed by atoms with Gasteiger partial charge in [0.25, 0.3) is 0 Å². The molecule has 0 saturated carbocycles. The van der Waals surface area contributed by atoms with Gasteiger partial charge in [0.1, 0.15) is 0 Å². The normalized spacial score (nSPS) is 14.7. The quantitative estimate of drug-likeness (QED) is 0.840. The summed E-state index contributed by atoms with van der Waals surface area (Å²) in [5.74, 6) is -0.337. The first-order valence-electron chi connectivity index (χ1n) is 7.62. The number of rotatable bonds is 6. The summed E-state index contributed by atoms with van der Waals surface area (Å²) < 4.78 is 0. The van der Waals surface area contributed by atoms with Crippen molar-refractivity contribution >= 4 is 0 Å². The highest BCUT2D eigenvalue weighted by Crippen LogP contribution is 2.42. The fraction of sp³-hybridized carbons (Fsp3) is 0.368. The minimum Gasteiger partial charge on any atom is -0.389 e. The molecule has 0 aliphatic heterocycles. The molecule has 2 atom stereocenters. The zero-order valence-electron chi connectivity index (χ0n) is 12.7. The maximum Gasteiger partial charge on any atom is 0.0886 e. The molecule has 2 heteroatoms. The Hall–Kier alpha value is -1.64. The molecule has 0 spiro atoms. The molecular weight excluding hydrogens is 260 g/mol. The minimum atomic E-state index is -0.920. The van der Waals surface area contributed by atoms with Gasteiger partial charge in [-0.25, -0.2) is 0 Å². The first-order chi connectivity index (χ1) is 10.1. The molecule has 2 N–H and O–H groups in total. The van der Waals surface area contributed by atoms with Gasteiger partial charge in [-0.3, -0.25) is 0 Å². The van der Waals surface area contributed by atoms with Crippen LogP contribution in [-0.2, 0) is 0 Å². The number of benzene rings is 2. The largest absolute Gasteiger partial charge is 0.389 e. The molecule has 21 heavy (non-hydrogen) atoms. The highest BCUT2D eigenvalue weighted by atomic mass is 16.3. The van der Waals surface area contributed by atoms with Gasteiger partial charge < -0.3 is 10.2 Å². The zero-order chi connectivity index (χ0) is 15.3. The van der Waals surface area contributed by atoms with E-state index in [0.29, 0.717) is 12.8 Å². The van der Waals surface area contributed by atoms with Crippen LogP contribution in [0.3, 0.4) is 0 Å². The second-order valence-electron chi connectivity index (χ2n) is 5.55. The van der Waals surface area contributed by atoms with E-state index < -0.39 is 11.7 Å². The van der Waals surface area contributed by atoms with Gasteiger partial charge in [-0.05, 0) is 24.0 Å². The van der Waals surface area contributed by atoms with Gasteiger partial charge in [0.15, 0.2) is 0 Å². The van der Waals surface area contributed by atoms with Gasteiger partial charge in [-0.1, -0.05) is 74.5 Å². The Morgan fingerprint density at radius 3 is 1.67 bits per heavy atom. The highest BCUT2D eigenvalue weighted by Gasteiger charge is 2.39. The molecule has 0 aliphatic rings. The molecule has 2 rings (SSSR count). The Balaban J connectivity index is 2.46. The SMILES string of the molecule is CCC(O)(CC)[C@H](c1ccccc1)[C@H](O)c1ccccc1. The topological polar surface area (TPSA) is 40.5 Å². The zero-order valence-corrected chi connectivity index (χ0v) is 12.7. The maximum absolute atomic E-state index is 11.0. The third-order valence-corrected chi connectivity index (χ3v) is 4.42. The van der Waals surface area contributed by atoms with Crippen molar-refractivity contribution < 1.29 is 10.2 Å². The van der Waals surface area contributed by atoms with E-state index in [4.69, 9.17) is 0 Å². The van der Waals surface area contributed by atoms with Crippen molar-refractivity contribution in [2.45, 2.75) is 44.3 Å². The third-order valence-electron chi connectivity index (χ3n) is 4.42. The van der Waals surface area contributed by atoms with Crippen molar-refractivity contribution in [3.63, 3.8) is 0 Å². The average Bonchev–Trinajstić information content (AvgIpc) is 2.56. The van der Waals surface area contributed by atoms with Gasteiger partial charge in [0.05, 0.1) is 11.7 Å². The van der Waals surface area contributed by atoms with E-state index in [1.54, 1.807) is 0 Å². The van der Waals surface area contributed by atoms with Gasteiger partial charge >= 0.3 is 0 Å². The van der Waals surface area contributed by atoms with E-state index in [1.165, 1.54) is 0 Å². The molecule has 0 heterocycles. The molecule has 0 aromatic heterocycles. The van der Waals surface area contributed by atoms with Crippen LogP contribution in [0.25, 0.3) is 0 Å². The van der Waals surface area contributed by atoms with Gasteiger partial charge in [-0.2, -0.15) is 0 Å². The Morgan fingerprint density at radius 1 is 0.810 bits per heavy atom. The van der Waals surface area contributed by atoms with E-state index in [0.717, 1.165) is 11.1 Å². The fourth-order valence-electron chi connectivity index (χ4n) is 2.98. The molecule has 0 aliphatic carbocycles. The summed E-state index contributed by atoms with van der Waals surface area (Å²) in [6.07, 6.45) is 0.485. The maximum atomic E-state index is 11.0. The second kappa shape index (κ2) is 6.88. The summed E-state index contributed by atoms with van der Waals surface area (Å²) in [5.41, 5.74) is 0.892. The Labute approximate surface area is 127 Å². The first kappa shape index (κ1) is 15.7. The van der Waals surface area contributed by atoms with Crippen LogP contribution in [0, 0.1) is 0 Å². The summed E-state index contributed by atoms with van der Waals surface area (Å²) in [7, 11) is 0. The molecule has 2 aromatic carbocycles. The lowest BCUT2D eigenvalue weighted by atomic mass is 9.73. The molecule has 2 nitrogen and oxygen atoms in total. The number of aliphatic hydroxyl groups is 2. The monoisotopic (exact) mass is 284 g/mol. The molecule has 0 fully saturated rings. The van der Waals surface area contributed by atoms with Crippen molar-refractivity contribution in [2.24, 2.45) is 0 Å². The Kier molecular flexibility index (Phi) is 5.16. The number of hydrogen-bond acceptors (Lipinski definition) is 2. The molecule has 0 radical (unpaired) electrons. The van der Waals surface area contributed by atoms with E-state index in [-0.39, 0.29) is 5.92 Å². The molecule has 0 bridgehead atoms. The standard InChI is InChI=1S/C19H24O2/c1-3-19(21,4-2)17(15-11-7-5-8-12-15)18(20)16-13-9-6-10-14-16/h5-14,17-18,20-21H,3-4H2,1-2H3/t17-,18-/m1/s1. The van der Waals surface area contributed by atoms with Gasteiger partial charge in [0.2, 0.25) is 0 Å². The molecule has 0 amide bonds. The van der Waals surface area contributed by atoms with Crippen LogP contribution in [-0.4, -0.2) is 15.8 Å². The summed E-state index contributed by atoms with van der Waals surface area (Å²) in [6, 6.07) is 19.4. The predicted molar refractivity (Wildman–Crippen MR) is 86.1 cm³/mol. The van der Waals surface area contributed by atoms with Crippen molar-refractivity contribution in [3.05, 3.63) is 71.8 Å². The van der Waals surface area contributed by atoms with Crippen molar-refractivity contribution in [1.29, 1.82) is 0 Å². The molecule has 2 aromatic rings. The van der Waals surface area contributed by atoms with Crippen LogP contribution in [0.15, 0.2) is 60.7 Å². The van der Waals surface area contributed by atoms with Crippen LogP contribution in [0.4, 0.5) is 0 Å². The third kappa shape index (κ3) is 3.34. The lowest BCUT2D eigenvalue weighted by Gasteiger charge is -2.38. The van der Waals surface area contributed by atoms with Crippen LogP contribution in [0.2, 0.25) is 0 Å². The Morgan fingerprint density at radius 2 is 1.24 bits per heavy atom. The Bertz CT molecular complexity index is 532. The average molecular weight is 284 g/mol. The number of hydrogen-bond donors (Lipinski definition) is 2. The number of aliphatic hydroxyl groups excluding tert-OH is 1. The smallest absolute Gasteiger partial charge is 0.0886 e. The summed E-state index contributed by atoms with van der Waals surface area (Å²) in [4.78, 5) is 0. The second-order valence-corrected chi connectivity index (χ2v) is 5.55. The molecule has 112 valence electrons. The fourth-order valence-corrected chi connectivity index (χ4v) is 2.98. The molecule has 0 unspecified atom stereocenters. The predicted octanol–water partition coefficient (Wildman–Crippen LogP) is 4.05. The highest BCUT2D eigenvalue weighted by molar-refractivity contribution is 5.29. The van der Waals surface area contributed by atoms with Gasteiger partial charge in [0, 0.05) is 5.92 Å². The van der Waals surface area contributed by atoms with E-state index >= 15 is 0 Å². The lowest BCUT2D eigenvalue weighted by Crippen LogP contribution is -2.38. The summed E-state index contributed by atoms with van der Waals surface area (Å²) in [5, 5.41) is 21.9. The van der Waals surface area contributed by atoms with E-state index in [9.17, 15) is 10.2 Å². The van der Waals surface area contributed by atoms with Crippen molar-refractivity contribution in [2.75, 3.05) is 0 Å². The first-order valence-corrected chi connectivity index (χ1v) is 7.62. The molecular formula is C19H24O2. The van der Waals surface area contributed by atoms with E-state index in [1.807, 2.05) is 74.5 Å². The van der Waals surface area contributed by atoms with Crippen LogP contribution in [0.5, 0.6) is 0 Å².